The van der Waals surface area contributed by atoms with Crippen LogP contribution in [0.2, 0.25) is 0 Å². The first-order valence-corrected chi connectivity index (χ1v) is 5.00. The van der Waals surface area contributed by atoms with Gasteiger partial charge in [-0.15, -0.1) is 0 Å². The quantitative estimate of drug-likeness (QED) is 0.726. The van der Waals surface area contributed by atoms with Crippen molar-refractivity contribution in [2.45, 2.75) is 0 Å². The standard InChI is InChI=1S/C11H19N3O/c1-13(2)8-9-14(3)10-6-5-7-12-11(10)15-4/h5-7H,8-9H2,1-4H3. The fourth-order valence-corrected chi connectivity index (χ4v) is 1.30. The predicted octanol–water partition coefficient (Wildman–Crippen LogP) is 1.09. The van der Waals surface area contributed by atoms with Gasteiger partial charge in [0.1, 0.15) is 0 Å². The van der Waals surface area contributed by atoms with Gasteiger partial charge in [0.15, 0.2) is 0 Å². The summed E-state index contributed by atoms with van der Waals surface area (Å²) >= 11 is 0. The van der Waals surface area contributed by atoms with Crippen molar-refractivity contribution in [1.29, 1.82) is 0 Å². The van der Waals surface area contributed by atoms with Crippen molar-refractivity contribution in [3.05, 3.63) is 18.3 Å². The molecule has 4 nitrogen and oxygen atoms in total. The second-order valence-electron chi connectivity index (χ2n) is 3.76. The molecule has 0 saturated carbocycles. The first-order valence-electron chi connectivity index (χ1n) is 5.00. The van der Waals surface area contributed by atoms with E-state index in [9.17, 15) is 0 Å². The maximum absolute atomic E-state index is 5.21. The molecular weight excluding hydrogens is 190 g/mol. The van der Waals surface area contributed by atoms with Gasteiger partial charge in [-0.3, -0.25) is 0 Å². The van der Waals surface area contributed by atoms with E-state index in [2.05, 4.69) is 28.9 Å². The Morgan fingerprint density at radius 2 is 2.00 bits per heavy atom. The number of aromatic nitrogens is 1. The number of hydrogen-bond acceptors (Lipinski definition) is 4. The Morgan fingerprint density at radius 1 is 1.27 bits per heavy atom. The van der Waals surface area contributed by atoms with Crippen molar-refractivity contribution in [2.24, 2.45) is 0 Å². The van der Waals surface area contributed by atoms with Crippen LogP contribution in [-0.2, 0) is 0 Å². The highest BCUT2D eigenvalue weighted by atomic mass is 16.5. The molecule has 1 rings (SSSR count). The molecule has 0 aliphatic rings. The number of anilines is 1. The van der Waals surface area contributed by atoms with E-state index in [0.717, 1.165) is 18.8 Å². The topological polar surface area (TPSA) is 28.6 Å². The molecular formula is C11H19N3O. The van der Waals surface area contributed by atoms with E-state index in [1.165, 1.54) is 0 Å². The number of pyridine rings is 1. The lowest BCUT2D eigenvalue weighted by molar-refractivity contribution is 0.394. The molecule has 0 saturated heterocycles. The summed E-state index contributed by atoms with van der Waals surface area (Å²) in [6, 6.07) is 3.94. The number of rotatable bonds is 5. The highest BCUT2D eigenvalue weighted by Crippen LogP contribution is 2.23. The van der Waals surface area contributed by atoms with Crippen LogP contribution in [0.3, 0.4) is 0 Å². The Balaban J connectivity index is 2.68. The second kappa shape index (κ2) is 5.56. The maximum atomic E-state index is 5.21. The molecule has 0 amide bonds. The molecule has 0 atom stereocenters. The van der Waals surface area contributed by atoms with Gasteiger partial charge in [0.25, 0.3) is 0 Å². The first-order chi connectivity index (χ1) is 7.15. The van der Waals surface area contributed by atoms with Gasteiger partial charge in [0.05, 0.1) is 12.8 Å². The van der Waals surface area contributed by atoms with E-state index >= 15 is 0 Å². The molecule has 0 aliphatic heterocycles. The minimum absolute atomic E-state index is 0.679. The van der Waals surface area contributed by atoms with Crippen molar-refractivity contribution in [3.8, 4) is 5.88 Å². The molecule has 1 heterocycles. The van der Waals surface area contributed by atoms with Crippen molar-refractivity contribution in [3.63, 3.8) is 0 Å². The van der Waals surface area contributed by atoms with E-state index in [1.54, 1.807) is 13.3 Å². The van der Waals surface area contributed by atoms with Gasteiger partial charge >= 0.3 is 0 Å². The largest absolute Gasteiger partial charge is 0.480 e. The number of hydrogen-bond donors (Lipinski definition) is 0. The van der Waals surface area contributed by atoms with E-state index in [0.29, 0.717) is 5.88 Å². The Kier molecular flexibility index (Phi) is 4.37. The molecule has 84 valence electrons. The highest BCUT2D eigenvalue weighted by Gasteiger charge is 2.08. The van der Waals surface area contributed by atoms with Gasteiger partial charge in [-0.2, -0.15) is 0 Å². The smallest absolute Gasteiger partial charge is 0.237 e. The Labute approximate surface area is 91.5 Å². The van der Waals surface area contributed by atoms with Crippen molar-refractivity contribution < 1.29 is 4.74 Å². The third-order valence-electron chi connectivity index (χ3n) is 2.24. The minimum Gasteiger partial charge on any atom is -0.480 e. The fraction of sp³-hybridized carbons (Fsp3) is 0.545. The van der Waals surface area contributed by atoms with E-state index in [4.69, 9.17) is 4.74 Å². The molecule has 0 bridgehead atoms. The molecule has 0 radical (unpaired) electrons. The summed E-state index contributed by atoms with van der Waals surface area (Å²) < 4.78 is 5.21. The van der Waals surface area contributed by atoms with Gasteiger partial charge in [0, 0.05) is 26.3 Å². The first kappa shape index (κ1) is 11.8. The number of nitrogens with zero attached hydrogens (tertiary/aromatic N) is 3. The lowest BCUT2D eigenvalue weighted by Crippen LogP contribution is -2.28. The van der Waals surface area contributed by atoms with Gasteiger partial charge in [-0.25, -0.2) is 4.98 Å². The normalized spacial score (nSPS) is 10.5. The fourth-order valence-electron chi connectivity index (χ4n) is 1.30. The van der Waals surface area contributed by atoms with Crippen LogP contribution >= 0.6 is 0 Å². The summed E-state index contributed by atoms with van der Waals surface area (Å²) in [6.07, 6.45) is 1.74. The summed E-state index contributed by atoms with van der Waals surface area (Å²) in [5.41, 5.74) is 1.03. The molecule has 1 aromatic rings. The summed E-state index contributed by atoms with van der Waals surface area (Å²) in [7, 11) is 7.82. The van der Waals surface area contributed by atoms with E-state index in [-0.39, 0.29) is 0 Å². The molecule has 0 fully saturated rings. The van der Waals surface area contributed by atoms with Crippen molar-refractivity contribution in [2.75, 3.05) is 46.2 Å². The number of likely N-dealkylation sites (N-methyl/N-ethyl adjacent to an activating group) is 2. The molecule has 0 spiro atoms. The van der Waals surface area contributed by atoms with Gasteiger partial charge in [-0.05, 0) is 26.2 Å². The second-order valence-corrected chi connectivity index (χ2v) is 3.76. The highest BCUT2D eigenvalue weighted by molar-refractivity contribution is 5.53. The number of methoxy groups -OCH3 is 1. The summed E-state index contributed by atoms with van der Waals surface area (Å²) in [5.74, 6) is 0.679. The van der Waals surface area contributed by atoms with Crippen LogP contribution in [-0.4, -0.2) is 51.2 Å². The molecule has 15 heavy (non-hydrogen) atoms. The number of ether oxygens (including phenoxy) is 1. The zero-order valence-electron chi connectivity index (χ0n) is 9.90. The lowest BCUT2D eigenvalue weighted by Gasteiger charge is -2.22. The average molecular weight is 209 g/mol. The zero-order valence-corrected chi connectivity index (χ0v) is 9.90. The monoisotopic (exact) mass is 209 g/mol. The summed E-state index contributed by atoms with van der Waals surface area (Å²) in [5, 5.41) is 0. The zero-order chi connectivity index (χ0) is 11.3. The molecule has 1 aromatic heterocycles. The van der Waals surface area contributed by atoms with Crippen LogP contribution in [0.1, 0.15) is 0 Å². The molecule has 0 aliphatic carbocycles. The summed E-state index contributed by atoms with van der Waals surface area (Å²) in [4.78, 5) is 8.46. The average Bonchev–Trinajstić information content (AvgIpc) is 2.25. The van der Waals surface area contributed by atoms with Gasteiger partial charge in [0.2, 0.25) is 5.88 Å². The van der Waals surface area contributed by atoms with Crippen LogP contribution in [0, 0.1) is 0 Å². The van der Waals surface area contributed by atoms with Crippen LogP contribution < -0.4 is 9.64 Å². The van der Waals surface area contributed by atoms with Crippen molar-refractivity contribution >= 4 is 5.69 Å². The predicted molar refractivity (Wildman–Crippen MR) is 62.6 cm³/mol. The van der Waals surface area contributed by atoms with Crippen LogP contribution in [0.5, 0.6) is 5.88 Å². The van der Waals surface area contributed by atoms with Gasteiger partial charge in [-0.1, -0.05) is 0 Å². The Hall–Kier alpha value is -1.29. The maximum Gasteiger partial charge on any atom is 0.237 e. The summed E-state index contributed by atoms with van der Waals surface area (Å²) in [6.45, 7) is 1.96. The van der Waals surface area contributed by atoms with Crippen molar-refractivity contribution in [1.82, 2.24) is 9.88 Å². The lowest BCUT2D eigenvalue weighted by atomic mass is 10.3. The SMILES string of the molecule is COc1ncccc1N(C)CCN(C)C. The molecule has 0 aromatic carbocycles. The molecule has 4 heteroatoms. The molecule has 0 N–H and O–H groups in total. The minimum atomic E-state index is 0.679. The Morgan fingerprint density at radius 3 is 2.60 bits per heavy atom. The third kappa shape index (κ3) is 3.40. The molecule has 0 unspecified atom stereocenters. The van der Waals surface area contributed by atoms with E-state index < -0.39 is 0 Å². The van der Waals surface area contributed by atoms with Crippen LogP contribution in [0.4, 0.5) is 5.69 Å². The Bertz CT molecular complexity index is 302. The van der Waals surface area contributed by atoms with Gasteiger partial charge < -0.3 is 14.5 Å². The van der Waals surface area contributed by atoms with Crippen LogP contribution in [0.25, 0.3) is 0 Å². The van der Waals surface area contributed by atoms with Crippen LogP contribution in [0.15, 0.2) is 18.3 Å². The van der Waals surface area contributed by atoms with E-state index in [1.807, 2.05) is 19.2 Å². The third-order valence-corrected chi connectivity index (χ3v) is 2.24.